The molecule has 1 aromatic heterocycles. The maximum atomic E-state index is 12.6. The van der Waals surface area contributed by atoms with E-state index in [0.717, 1.165) is 18.4 Å². The van der Waals surface area contributed by atoms with E-state index in [1.807, 2.05) is 24.3 Å². The van der Waals surface area contributed by atoms with E-state index in [4.69, 9.17) is 18.9 Å². The average Bonchev–Trinajstić information content (AvgIpc) is 3.29. The molecule has 1 fully saturated rings. The molecule has 2 aromatic rings. The van der Waals surface area contributed by atoms with Gasteiger partial charge in [0.15, 0.2) is 6.26 Å². The first-order valence-corrected chi connectivity index (χ1v) is 12.2. The van der Waals surface area contributed by atoms with Crippen LogP contribution in [-0.4, -0.2) is 53.2 Å². The Bertz CT molecular complexity index is 1320. The van der Waals surface area contributed by atoms with Crippen LogP contribution in [0.5, 0.6) is 5.88 Å². The van der Waals surface area contributed by atoms with Gasteiger partial charge in [0.2, 0.25) is 17.7 Å². The van der Waals surface area contributed by atoms with E-state index >= 15 is 0 Å². The van der Waals surface area contributed by atoms with Gasteiger partial charge in [-0.05, 0) is 24.5 Å². The number of aromatic nitrogens is 2. The van der Waals surface area contributed by atoms with Crippen molar-refractivity contribution in [3.8, 4) is 5.88 Å². The summed E-state index contributed by atoms with van der Waals surface area (Å²) in [6.45, 7) is 0.662. The third kappa shape index (κ3) is 5.91. The average molecular weight is 505 g/mol. The number of hydrogen-bond acceptors (Lipinski definition) is 8. The number of carbonyl (C=O) groups excluding carboxylic acids is 2. The highest BCUT2D eigenvalue weighted by Crippen LogP contribution is 2.28. The van der Waals surface area contributed by atoms with Crippen LogP contribution in [0.2, 0.25) is 0 Å². The van der Waals surface area contributed by atoms with Crippen molar-refractivity contribution in [2.24, 2.45) is 0 Å². The SMILES string of the molecule is COc1cnc2cccc(CC(=O)NCCC3CN(C4=COC=C(CC5=CC=CCC5)O4)C(=O)O3)c2n1. The minimum Gasteiger partial charge on any atom is -0.480 e. The molecule has 0 spiro atoms. The molecule has 2 amide bonds. The Morgan fingerprint density at radius 2 is 2.22 bits per heavy atom. The number of ether oxygens (including phenoxy) is 4. The van der Waals surface area contributed by atoms with Crippen molar-refractivity contribution in [1.29, 1.82) is 0 Å². The second-order valence-corrected chi connectivity index (χ2v) is 8.88. The number of methoxy groups -OCH3 is 1. The lowest BCUT2D eigenvalue weighted by molar-refractivity contribution is -0.120. The van der Waals surface area contributed by atoms with Crippen LogP contribution >= 0.6 is 0 Å². The van der Waals surface area contributed by atoms with Gasteiger partial charge in [-0.3, -0.25) is 4.79 Å². The number of hydrogen-bond donors (Lipinski definition) is 1. The molecular weight excluding hydrogens is 476 g/mol. The van der Waals surface area contributed by atoms with Crippen molar-refractivity contribution in [1.82, 2.24) is 20.2 Å². The van der Waals surface area contributed by atoms with Gasteiger partial charge in [-0.15, -0.1) is 0 Å². The number of amides is 2. The topological polar surface area (TPSA) is 112 Å². The van der Waals surface area contributed by atoms with Crippen molar-refractivity contribution >= 4 is 23.0 Å². The summed E-state index contributed by atoms with van der Waals surface area (Å²) in [4.78, 5) is 35.2. The Morgan fingerprint density at radius 3 is 3.05 bits per heavy atom. The highest BCUT2D eigenvalue weighted by Gasteiger charge is 2.36. The van der Waals surface area contributed by atoms with E-state index < -0.39 is 6.09 Å². The van der Waals surface area contributed by atoms with Gasteiger partial charge in [-0.1, -0.05) is 35.9 Å². The number of benzene rings is 1. The summed E-state index contributed by atoms with van der Waals surface area (Å²) in [6, 6.07) is 5.52. The van der Waals surface area contributed by atoms with Crippen LogP contribution in [0.15, 0.2) is 72.4 Å². The number of allylic oxidation sites excluding steroid dienone is 4. The zero-order chi connectivity index (χ0) is 25.6. The van der Waals surface area contributed by atoms with E-state index in [0.29, 0.717) is 54.5 Å². The third-order valence-electron chi connectivity index (χ3n) is 6.23. The fraction of sp³-hybridized carbons (Fsp3) is 0.333. The van der Waals surface area contributed by atoms with Gasteiger partial charge in [0.1, 0.15) is 18.1 Å². The molecule has 37 heavy (non-hydrogen) atoms. The maximum Gasteiger partial charge on any atom is 0.417 e. The highest BCUT2D eigenvalue weighted by molar-refractivity contribution is 5.86. The maximum absolute atomic E-state index is 12.6. The summed E-state index contributed by atoms with van der Waals surface area (Å²) in [5.41, 5.74) is 3.32. The molecule has 192 valence electrons. The van der Waals surface area contributed by atoms with Gasteiger partial charge in [-0.2, -0.15) is 0 Å². The second kappa shape index (κ2) is 11.2. The normalized spacial score (nSPS) is 18.8. The number of para-hydroxylation sites is 1. The number of nitrogens with zero attached hydrogens (tertiary/aromatic N) is 3. The predicted molar refractivity (Wildman–Crippen MR) is 134 cm³/mol. The van der Waals surface area contributed by atoms with E-state index in [-0.39, 0.29) is 18.4 Å². The van der Waals surface area contributed by atoms with E-state index in [1.165, 1.54) is 23.8 Å². The Kier molecular flexibility index (Phi) is 7.34. The summed E-state index contributed by atoms with van der Waals surface area (Å²) in [6.07, 6.45) is 13.0. The number of cyclic esters (lactones) is 1. The molecule has 0 bridgehead atoms. The summed E-state index contributed by atoms with van der Waals surface area (Å²) in [5, 5.41) is 2.89. The fourth-order valence-electron chi connectivity index (χ4n) is 4.35. The van der Waals surface area contributed by atoms with Gasteiger partial charge >= 0.3 is 6.09 Å². The van der Waals surface area contributed by atoms with Crippen LogP contribution in [0.1, 0.15) is 31.2 Å². The molecular formula is C27H28N4O6. The first-order chi connectivity index (χ1) is 18.1. The van der Waals surface area contributed by atoms with Crippen LogP contribution < -0.4 is 10.1 Å². The molecule has 1 aromatic carbocycles. The molecule has 0 radical (unpaired) electrons. The largest absolute Gasteiger partial charge is 0.480 e. The third-order valence-corrected chi connectivity index (χ3v) is 6.23. The van der Waals surface area contributed by atoms with Crippen molar-refractivity contribution in [3.05, 3.63) is 77.9 Å². The molecule has 1 atom stereocenters. The molecule has 1 unspecified atom stereocenters. The van der Waals surface area contributed by atoms with E-state index in [9.17, 15) is 9.59 Å². The van der Waals surface area contributed by atoms with Crippen LogP contribution in [0.3, 0.4) is 0 Å². The van der Waals surface area contributed by atoms with Gasteiger partial charge in [0.25, 0.3) is 0 Å². The molecule has 3 aliphatic rings. The molecule has 2 aliphatic heterocycles. The molecule has 10 nitrogen and oxygen atoms in total. The monoisotopic (exact) mass is 504 g/mol. The first kappa shape index (κ1) is 24.4. The molecule has 3 heterocycles. The van der Waals surface area contributed by atoms with E-state index in [1.54, 1.807) is 12.5 Å². The van der Waals surface area contributed by atoms with Crippen molar-refractivity contribution in [2.45, 2.75) is 38.2 Å². The molecule has 10 heteroatoms. The van der Waals surface area contributed by atoms with Crippen LogP contribution in [0.4, 0.5) is 4.79 Å². The lowest BCUT2D eigenvalue weighted by Crippen LogP contribution is -2.30. The van der Waals surface area contributed by atoms with Crippen molar-refractivity contribution in [2.75, 3.05) is 20.2 Å². The standard InChI is InChI=1S/C27H28N4O6/c1-34-24-14-29-22-9-5-8-19(26(22)30-24)13-23(32)28-11-10-20-15-31(27(33)37-20)25-17-35-16-21(36-25)12-18-6-3-2-4-7-18/h2-3,5-6,8-9,14,16-17,20H,4,7,10-13,15H2,1H3,(H,28,32). The zero-order valence-corrected chi connectivity index (χ0v) is 20.5. The quantitative estimate of drug-likeness (QED) is 0.548. The zero-order valence-electron chi connectivity index (χ0n) is 20.5. The summed E-state index contributed by atoms with van der Waals surface area (Å²) >= 11 is 0. The van der Waals surface area contributed by atoms with Crippen LogP contribution in [-0.2, 0) is 25.4 Å². The number of rotatable bonds is 9. The molecule has 5 rings (SSSR count). The lowest BCUT2D eigenvalue weighted by Gasteiger charge is -2.22. The lowest BCUT2D eigenvalue weighted by atomic mass is 10.0. The Labute approximate surface area is 214 Å². The Hall–Kier alpha value is -4.34. The minimum atomic E-state index is -0.504. The van der Waals surface area contributed by atoms with Gasteiger partial charge in [-0.25, -0.2) is 19.7 Å². The Balaban J connectivity index is 1.10. The van der Waals surface area contributed by atoms with Crippen LogP contribution in [0, 0.1) is 0 Å². The number of nitrogens with one attached hydrogen (secondary N) is 1. The summed E-state index contributed by atoms with van der Waals surface area (Å²) < 4.78 is 22.0. The summed E-state index contributed by atoms with van der Waals surface area (Å²) in [5.74, 6) is 1.17. The minimum absolute atomic E-state index is 0.148. The molecule has 1 aliphatic carbocycles. The summed E-state index contributed by atoms with van der Waals surface area (Å²) in [7, 11) is 1.52. The van der Waals surface area contributed by atoms with Gasteiger partial charge in [0, 0.05) is 19.4 Å². The predicted octanol–water partition coefficient (Wildman–Crippen LogP) is 3.86. The van der Waals surface area contributed by atoms with Crippen molar-refractivity contribution in [3.63, 3.8) is 0 Å². The van der Waals surface area contributed by atoms with Crippen LogP contribution in [0.25, 0.3) is 11.0 Å². The van der Waals surface area contributed by atoms with E-state index in [2.05, 4.69) is 27.4 Å². The van der Waals surface area contributed by atoms with Gasteiger partial charge < -0.3 is 24.3 Å². The number of fused-ring (bicyclic) bond motifs is 1. The number of carbonyl (C=O) groups is 2. The molecule has 0 saturated carbocycles. The fourth-order valence-corrected chi connectivity index (χ4v) is 4.35. The second-order valence-electron chi connectivity index (χ2n) is 8.88. The first-order valence-electron chi connectivity index (χ1n) is 12.2. The molecule has 1 N–H and O–H groups in total. The highest BCUT2D eigenvalue weighted by atomic mass is 16.6. The van der Waals surface area contributed by atoms with Crippen molar-refractivity contribution < 1.29 is 28.5 Å². The van der Waals surface area contributed by atoms with Gasteiger partial charge in [0.05, 0.1) is 37.3 Å². The molecule has 1 saturated heterocycles. The Morgan fingerprint density at radius 1 is 1.30 bits per heavy atom. The smallest absolute Gasteiger partial charge is 0.417 e.